The molecule has 0 radical (unpaired) electrons. The molecule has 4 rings (SSSR count). The summed E-state index contributed by atoms with van der Waals surface area (Å²) < 4.78 is 1.79. The van der Waals surface area contributed by atoms with E-state index in [1.165, 1.54) is 4.90 Å². The fourth-order valence-corrected chi connectivity index (χ4v) is 4.06. The number of aromatic nitrogens is 4. The van der Waals surface area contributed by atoms with Crippen LogP contribution in [-0.4, -0.2) is 31.6 Å². The van der Waals surface area contributed by atoms with Crippen molar-refractivity contribution in [1.82, 2.24) is 19.8 Å². The highest BCUT2D eigenvalue weighted by atomic mass is 32.2. The van der Waals surface area contributed by atoms with E-state index in [1.54, 1.807) is 15.9 Å². The highest BCUT2D eigenvalue weighted by Gasteiger charge is 2.11. The largest absolute Gasteiger partial charge is 0.368 e. The number of hydrogen-bond acceptors (Lipinski definition) is 6. The van der Waals surface area contributed by atoms with Gasteiger partial charge in [0, 0.05) is 27.6 Å². The van der Waals surface area contributed by atoms with Gasteiger partial charge in [-0.05, 0) is 35.7 Å². The van der Waals surface area contributed by atoms with Crippen molar-refractivity contribution in [1.29, 1.82) is 0 Å². The Hall–Kier alpha value is -2.38. The van der Waals surface area contributed by atoms with Crippen LogP contribution in [0.4, 0.5) is 5.82 Å². The number of thioether (sulfide) groups is 1. The predicted octanol–water partition coefficient (Wildman–Crippen LogP) is 4.45. The third-order valence-corrected chi connectivity index (χ3v) is 5.49. The first-order valence-corrected chi connectivity index (χ1v) is 9.82. The van der Waals surface area contributed by atoms with Gasteiger partial charge in [-0.3, -0.25) is 0 Å². The Balaban J connectivity index is 1.47. The van der Waals surface area contributed by atoms with E-state index in [0.717, 1.165) is 29.4 Å². The summed E-state index contributed by atoms with van der Waals surface area (Å²) in [4.78, 5) is 1.28. The van der Waals surface area contributed by atoms with Crippen molar-refractivity contribution in [3.8, 4) is 11.4 Å². The number of rotatable bonds is 6. The van der Waals surface area contributed by atoms with Crippen molar-refractivity contribution in [3.63, 3.8) is 0 Å². The Kier molecular flexibility index (Phi) is 4.67. The van der Waals surface area contributed by atoms with Gasteiger partial charge in [-0.25, -0.2) is 0 Å². The highest BCUT2D eigenvalue weighted by molar-refractivity contribution is 8.00. The van der Waals surface area contributed by atoms with Crippen molar-refractivity contribution < 1.29 is 0 Å². The molecular weight excluding hydrogens is 350 g/mol. The fourth-order valence-electron chi connectivity index (χ4n) is 2.48. The Morgan fingerprint density at radius 2 is 2.00 bits per heavy atom. The van der Waals surface area contributed by atoms with Gasteiger partial charge < -0.3 is 5.32 Å². The number of hydrogen-bond donors (Lipinski definition) is 1. The first kappa shape index (κ1) is 16.1. The van der Waals surface area contributed by atoms with Gasteiger partial charge in [0.05, 0.1) is 0 Å². The molecule has 0 fully saturated rings. The minimum atomic E-state index is 0.428. The molecule has 7 heteroatoms. The lowest BCUT2D eigenvalue weighted by atomic mass is 10.3. The number of anilines is 1. The van der Waals surface area contributed by atoms with Gasteiger partial charge in [0.15, 0.2) is 11.5 Å². The molecule has 0 saturated heterocycles. The molecule has 0 spiro atoms. The van der Waals surface area contributed by atoms with E-state index in [2.05, 4.69) is 57.2 Å². The van der Waals surface area contributed by atoms with E-state index >= 15 is 0 Å². The van der Waals surface area contributed by atoms with E-state index in [1.807, 2.05) is 41.4 Å². The van der Waals surface area contributed by atoms with Gasteiger partial charge in [-0.2, -0.15) is 15.9 Å². The zero-order valence-electron chi connectivity index (χ0n) is 13.7. The molecule has 0 aliphatic carbocycles. The van der Waals surface area contributed by atoms with Crippen LogP contribution >= 0.6 is 23.1 Å². The predicted molar refractivity (Wildman–Crippen MR) is 104 cm³/mol. The van der Waals surface area contributed by atoms with Gasteiger partial charge in [0.1, 0.15) is 5.82 Å². The van der Waals surface area contributed by atoms with Gasteiger partial charge >= 0.3 is 0 Å². The minimum Gasteiger partial charge on any atom is -0.368 e. The smallest absolute Gasteiger partial charge is 0.186 e. The Labute approximate surface area is 154 Å². The van der Waals surface area contributed by atoms with Crippen LogP contribution in [0.25, 0.3) is 17.0 Å². The summed E-state index contributed by atoms with van der Waals surface area (Å²) in [7, 11) is 0. The lowest BCUT2D eigenvalue weighted by Gasteiger charge is -2.13. The van der Waals surface area contributed by atoms with Gasteiger partial charge in [0.2, 0.25) is 0 Å². The summed E-state index contributed by atoms with van der Waals surface area (Å²) in [5.41, 5.74) is 1.79. The molecule has 3 aromatic heterocycles. The van der Waals surface area contributed by atoms with Crippen LogP contribution in [0.15, 0.2) is 64.2 Å². The summed E-state index contributed by atoms with van der Waals surface area (Å²) in [5.74, 6) is 1.59. The maximum Gasteiger partial charge on any atom is 0.186 e. The molecule has 1 aromatic carbocycles. The SMILES string of the molecule is CC(CNc1ccc2nnc(-c3ccsc3)n2n1)Sc1ccccc1. The number of benzene rings is 1. The first-order valence-electron chi connectivity index (χ1n) is 8.00. The van der Waals surface area contributed by atoms with E-state index in [0.29, 0.717) is 5.25 Å². The molecule has 0 aliphatic rings. The van der Waals surface area contributed by atoms with E-state index < -0.39 is 0 Å². The highest BCUT2D eigenvalue weighted by Crippen LogP contribution is 2.23. The quantitative estimate of drug-likeness (QED) is 0.510. The zero-order chi connectivity index (χ0) is 17.1. The topological polar surface area (TPSA) is 55.1 Å². The number of nitrogens with zero attached hydrogens (tertiary/aromatic N) is 4. The molecule has 1 N–H and O–H groups in total. The Bertz CT molecular complexity index is 950. The number of fused-ring (bicyclic) bond motifs is 1. The van der Waals surface area contributed by atoms with Crippen molar-refractivity contribution in [2.75, 3.05) is 11.9 Å². The third-order valence-electron chi connectivity index (χ3n) is 3.69. The lowest BCUT2D eigenvalue weighted by Crippen LogP contribution is -2.14. The van der Waals surface area contributed by atoms with Gasteiger partial charge in [0.25, 0.3) is 0 Å². The second-order valence-corrected chi connectivity index (χ2v) is 7.94. The van der Waals surface area contributed by atoms with Crippen LogP contribution in [0.3, 0.4) is 0 Å². The molecule has 0 amide bonds. The van der Waals surface area contributed by atoms with Crippen LogP contribution < -0.4 is 5.32 Å². The fraction of sp³-hybridized carbons (Fsp3) is 0.167. The van der Waals surface area contributed by atoms with Crippen LogP contribution in [0.5, 0.6) is 0 Å². The summed E-state index contributed by atoms with van der Waals surface area (Å²) >= 11 is 3.49. The monoisotopic (exact) mass is 367 g/mol. The van der Waals surface area contributed by atoms with Crippen LogP contribution in [-0.2, 0) is 0 Å². The van der Waals surface area contributed by atoms with Crippen molar-refractivity contribution in [3.05, 3.63) is 59.3 Å². The molecule has 4 aromatic rings. The average molecular weight is 368 g/mol. The Morgan fingerprint density at radius 1 is 1.12 bits per heavy atom. The van der Waals surface area contributed by atoms with Crippen LogP contribution in [0.2, 0.25) is 0 Å². The second kappa shape index (κ2) is 7.25. The van der Waals surface area contributed by atoms with E-state index in [9.17, 15) is 0 Å². The maximum atomic E-state index is 4.65. The summed E-state index contributed by atoms with van der Waals surface area (Å²) in [6.45, 7) is 3.03. The van der Waals surface area contributed by atoms with Gasteiger partial charge in [-0.1, -0.05) is 25.1 Å². The first-order chi connectivity index (χ1) is 12.3. The molecule has 0 saturated carbocycles. The standard InChI is InChI=1S/C18H17N5S2/c1-13(25-15-5-3-2-4-6-15)11-19-16-7-8-17-20-21-18(23(17)22-16)14-9-10-24-12-14/h2-10,12-13H,11H2,1H3,(H,19,22). The third kappa shape index (κ3) is 3.67. The molecule has 126 valence electrons. The summed E-state index contributed by atoms with van der Waals surface area (Å²) in [6.07, 6.45) is 0. The maximum absolute atomic E-state index is 4.65. The van der Waals surface area contributed by atoms with Crippen LogP contribution in [0, 0.1) is 0 Å². The molecule has 25 heavy (non-hydrogen) atoms. The number of thiophene rings is 1. The average Bonchev–Trinajstić information content (AvgIpc) is 3.29. The number of nitrogens with one attached hydrogen (secondary N) is 1. The van der Waals surface area contributed by atoms with E-state index in [4.69, 9.17) is 0 Å². The summed E-state index contributed by atoms with van der Waals surface area (Å²) in [5, 5.41) is 21.0. The lowest BCUT2D eigenvalue weighted by molar-refractivity contribution is 0.912. The molecule has 1 atom stereocenters. The normalized spacial score (nSPS) is 12.4. The Morgan fingerprint density at radius 3 is 2.80 bits per heavy atom. The minimum absolute atomic E-state index is 0.428. The van der Waals surface area contributed by atoms with Gasteiger partial charge in [-0.15, -0.1) is 27.1 Å². The zero-order valence-corrected chi connectivity index (χ0v) is 15.3. The second-order valence-electron chi connectivity index (χ2n) is 5.65. The molecule has 5 nitrogen and oxygen atoms in total. The van der Waals surface area contributed by atoms with Crippen molar-refractivity contribution in [2.24, 2.45) is 0 Å². The molecule has 3 heterocycles. The molecule has 1 unspecified atom stereocenters. The molecular formula is C18H17N5S2. The molecule has 0 aliphatic heterocycles. The van der Waals surface area contributed by atoms with E-state index in [-0.39, 0.29) is 0 Å². The van der Waals surface area contributed by atoms with Crippen LogP contribution in [0.1, 0.15) is 6.92 Å². The molecule has 0 bridgehead atoms. The summed E-state index contributed by atoms with van der Waals surface area (Å²) in [6, 6.07) is 16.4. The van der Waals surface area contributed by atoms with Crippen molar-refractivity contribution in [2.45, 2.75) is 17.1 Å². The van der Waals surface area contributed by atoms with Crippen molar-refractivity contribution >= 4 is 34.6 Å².